The zero-order valence-corrected chi connectivity index (χ0v) is 11.2. The second-order valence-corrected chi connectivity index (χ2v) is 5.26. The van der Waals surface area contributed by atoms with Gasteiger partial charge in [0.2, 0.25) is 0 Å². The molecule has 0 spiro atoms. The largest absolute Gasteiger partial charge is 0.388 e. The van der Waals surface area contributed by atoms with Crippen LogP contribution in [0.4, 0.5) is 0 Å². The number of hydrogen-bond acceptors (Lipinski definition) is 5. The molecular weight excluding hydrogens is 236 g/mol. The lowest BCUT2D eigenvalue weighted by molar-refractivity contribution is -0.345. The average molecular weight is 262 g/mol. The minimum Gasteiger partial charge on any atom is -0.388 e. The van der Waals surface area contributed by atoms with Gasteiger partial charge in [0.15, 0.2) is 5.79 Å². The fraction of sp³-hybridized carbons (Fsp3) is 1.00. The maximum absolute atomic E-state index is 10.2. The summed E-state index contributed by atoms with van der Waals surface area (Å²) in [5, 5.41) is 39.2. The topological polar surface area (TPSA) is 90.2 Å². The molecule has 0 amide bonds. The first-order valence-electron chi connectivity index (χ1n) is 6.86. The molecule has 5 atom stereocenters. The number of rotatable bonds is 6. The van der Waals surface area contributed by atoms with Gasteiger partial charge in [-0.2, -0.15) is 0 Å². The molecule has 1 saturated heterocycles. The Hall–Kier alpha value is -0.200. The van der Waals surface area contributed by atoms with E-state index < -0.39 is 30.2 Å². The Morgan fingerprint density at radius 3 is 2.22 bits per heavy atom. The maximum atomic E-state index is 10.2. The van der Waals surface area contributed by atoms with Crippen LogP contribution in [0.1, 0.15) is 52.4 Å². The predicted molar refractivity (Wildman–Crippen MR) is 66.9 cm³/mol. The summed E-state index contributed by atoms with van der Waals surface area (Å²) in [5.41, 5.74) is 0. The number of ether oxygens (including phenoxy) is 1. The molecule has 108 valence electrons. The molecule has 1 aliphatic rings. The Morgan fingerprint density at radius 1 is 1.00 bits per heavy atom. The van der Waals surface area contributed by atoms with E-state index in [1.165, 1.54) is 0 Å². The molecule has 5 nitrogen and oxygen atoms in total. The van der Waals surface area contributed by atoms with Crippen LogP contribution in [0.3, 0.4) is 0 Å². The van der Waals surface area contributed by atoms with Crippen molar-refractivity contribution in [2.45, 2.75) is 82.6 Å². The second-order valence-electron chi connectivity index (χ2n) is 5.26. The van der Waals surface area contributed by atoms with Crippen LogP contribution in [0, 0.1) is 0 Å². The van der Waals surface area contributed by atoms with Gasteiger partial charge in [0, 0.05) is 6.42 Å². The minimum absolute atomic E-state index is 0.270. The summed E-state index contributed by atoms with van der Waals surface area (Å²) >= 11 is 0. The fourth-order valence-electron chi connectivity index (χ4n) is 2.38. The van der Waals surface area contributed by atoms with Gasteiger partial charge in [0.05, 0.1) is 6.10 Å². The molecule has 0 aromatic rings. The van der Waals surface area contributed by atoms with E-state index in [1.54, 1.807) is 6.92 Å². The minimum atomic E-state index is -1.75. The van der Waals surface area contributed by atoms with Gasteiger partial charge in [-0.3, -0.25) is 0 Å². The molecule has 5 heteroatoms. The first-order valence-corrected chi connectivity index (χ1v) is 6.86. The molecule has 4 N–H and O–H groups in total. The first kappa shape index (κ1) is 15.9. The van der Waals surface area contributed by atoms with Gasteiger partial charge in [-0.15, -0.1) is 0 Å². The molecule has 1 aliphatic heterocycles. The zero-order chi connectivity index (χ0) is 13.8. The molecule has 0 aromatic carbocycles. The smallest absolute Gasteiger partial charge is 0.195 e. The van der Waals surface area contributed by atoms with Crippen molar-refractivity contribution < 1.29 is 25.2 Å². The lowest BCUT2D eigenvalue weighted by atomic mass is 9.89. The highest BCUT2D eigenvalue weighted by Crippen LogP contribution is 2.32. The van der Waals surface area contributed by atoms with E-state index in [4.69, 9.17) is 4.74 Å². The summed E-state index contributed by atoms with van der Waals surface area (Å²) in [7, 11) is 0. The Bertz CT molecular complexity index is 248. The quantitative estimate of drug-likeness (QED) is 0.524. The molecule has 1 heterocycles. The van der Waals surface area contributed by atoms with Gasteiger partial charge in [0.25, 0.3) is 0 Å². The van der Waals surface area contributed by atoms with Crippen LogP contribution in [-0.4, -0.2) is 50.6 Å². The van der Waals surface area contributed by atoms with Crippen LogP contribution in [0.5, 0.6) is 0 Å². The predicted octanol–water partition coefficient (Wildman–Crippen LogP) is 0.537. The monoisotopic (exact) mass is 262 g/mol. The Balaban J connectivity index is 2.46. The van der Waals surface area contributed by atoms with Crippen LogP contribution in [-0.2, 0) is 4.74 Å². The first-order chi connectivity index (χ1) is 8.42. The third-order valence-corrected chi connectivity index (χ3v) is 3.65. The van der Waals surface area contributed by atoms with E-state index in [-0.39, 0.29) is 6.42 Å². The van der Waals surface area contributed by atoms with Gasteiger partial charge in [0.1, 0.15) is 18.3 Å². The summed E-state index contributed by atoms with van der Waals surface area (Å²) in [5.74, 6) is -1.75. The number of aliphatic hydroxyl groups excluding tert-OH is 3. The SMILES string of the molecule is CCCCCCC[C@]1(O)O[C@H](C)[C@H](O)[C@H](O)[C@H]1O. The molecule has 1 fully saturated rings. The highest BCUT2D eigenvalue weighted by atomic mass is 16.7. The van der Waals surface area contributed by atoms with Crippen molar-refractivity contribution in [3.63, 3.8) is 0 Å². The molecule has 0 aliphatic carbocycles. The van der Waals surface area contributed by atoms with Crippen molar-refractivity contribution in [1.82, 2.24) is 0 Å². The standard InChI is InChI=1S/C13H26O5/c1-3-4-5-6-7-8-13(17)12(16)11(15)10(14)9(2)18-13/h9-12,14-17H,3-8H2,1-2H3/t9-,10+,11+,12-,13+/m1/s1. The van der Waals surface area contributed by atoms with Crippen LogP contribution in [0.25, 0.3) is 0 Å². The third-order valence-electron chi connectivity index (χ3n) is 3.65. The van der Waals surface area contributed by atoms with Crippen LogP contribution >= 0.6 is 0 Å². The van der Waals surface area contributed by atoms with E-state index in [0.29, 0.717) is 0 Å². The van der Waals surface area contributed by atoms with E-state index in [2.05, 4.69) is 6.92 Å². The summed E-state index contributed by atoms with van der Waals surface area (Å²) in [6, 6.07) is 0. The molecule has 18 heavy (non-hydrogen) atoms. The highest BCUT2D eigenvalue weighted by Gasteiger charge is 2.50. The Kier molecular flexibility index (Phi) is 6.01. The molecular formula is C13H26O5. The number of aliphatic hydroxyl groups is 4. The van der Waals surface area contributed by atoms with Crippen molar-refractivity contribution in [1.29, 1.82) is 0 Å². The van der Waals surface area contributed by atoms with Crippen LogP contribution in [0.15, 0.2) is 0 Å². The molecule has 0 unspecified atom stereocenters. The van der Waals surface area contributed by atoms with Crippen LogP contribution in [0.2, 0.25) is 0 Å². The van der Waals surface area contributed by atoms with Crippen molar-refractivity contribution in [2.24, 2.45) is 0 Å². The van der Waals surface area contributed by atoms with E-state index in [0.717, 1.165) is 32.1 Å². The van der Waals surface area contributed by atoms with Crippen molar-refractivity contribution in [3.8, 4) is 0 Å². The third kappa shape index (κ3) is 3.65. The average Bonchev–Trinajstić information content (AvgIpc) is 2.34. The highest BCUT2D eigenvalue weighted by molar-refractivity contribution is 4.94. The number of hydrogen-bond donors (Lipinski definition) is 4. The van der Waals surface area contributed by atoms with Gasteiger partial charge in [-0.05, 0) is 13.3 Å². The Labute approximate surface area is 108 Å². The summed E-state index contributed by atoms with van der Waals surface area (Å²) in [6.45, 7) is 3.70. The Morgan fingerprint density at radius 2 is 1.61 bits per heavy atom. The van der Waals surface area contributed by atoms with Gasteiger partial charge >= 0.3 is 0 Å². The molecule has 0 bridgehead atoms. The molecule has 1 rings (SSSR count). The van der Waals surface area contributed by atoms with E-state index >= 15 is 0 Å². The molecule has 0 saturated carbocycles. The van der Waals surface area contributed by atoms with E-state index in [9.17, 15) is 20.4 Å². The lowest BCUT2D eigenvalue weighted by Crippen LogP contribution is -2.63. The van der Waals surface area contributed by atoms with Gasteiger partial charge in [-0.1, -0.05) is 32.6 Å². The van der Waals surface area contributed by atoms with E-state index in [1.807, 2.05) is 0 Å². The zero-order valence-electron chi connectivity index (χ0n) is 11.2. The fourth-order valence-corrected chi connectivity index (χ4v) is 2.38. The van der Waals surface area contributed by atoms with Crippen molar-refractivity contribution >= 4 is 0 Å². The normalized spacial score (nSPS) is 41.0. The maximum Gasteiger partial charge on any atom is 0.195 e. The molecule has 0 radical (unpaired) electrons. The lowest BCUT2D eigenvalue weighted by Gasteiger charge is -2.45. The van der Waals surface area contributed by atoms with Gasteiger partial charge in [-0.25, -0.2) is 0 Å². The summed E-state index contributed by atoms with van der Waals surface area (Å²) in [6.07, 6.45) is 0.650. The molecule has 0 aromatic heterocycles. The van der Waals surface area contributed by atoms with Crippen molar-refractivity contribution in [2.75, 3.05) is 0 Å². The number of unbranched alkanes of at least 4 members (excludes halogenated alkanes) is 4. The summed E-state index contributed by atoms with van der Waals surface area (Å²) < 4.78 is 5.27. The van der Waals surface area contributed by atoms with Crippen LogP contribution < -0.4 is 0 Å². The summed E-state index contributed by atoms with van der Waals surface area (Å²) in [4.78, 5) is 0. The van der Waals surface area contributed by atoms with Crippen molar-refractivity contribution in [3.05, 3.63) is 0 Å². The van der Waals surface area contributed by atoms with Gasteiger partial charge < -0.3 is 25.2 Å². The second kappa shape index (κ2) is 6.82.